The summed E-state index contributed by atoms with van der Waals surface area (Å²) in [4.78, 5) is 18.7. The van der Waals surface area contributed by atoms with Crippen LogP contribution in [0.5, 0.6) is 0 Å². The largest absolute Gasteiger partial charge is 0.385 e. The molecule has 3 fully saturated rings. The number of carbonyl (C=O) groups is 1. The van der Waals surface area contributed by atoms with Crippen LogP contribution in [0.1, 0.15) is 103 Å². The summed E-state index contributed by atoms with van der Waals surface area (Å²) in [5, 5.41) is 7.50. The van der Waals surface area contributed by atoms with Crippen LogP contribution >= 0.6 is 0 Å². The molecule has 5 rings (SSSR count). The number of fused-ring (bicyclic) bond motifs is 2. The van der Waals surface area contributed by atoms with Crippen molar-refractivity contribution in [2.45, 2.75) is 116 Å². The number of allylic oxidation sites excluding steroid dienone is 1. The zero-order valence-electron chi connectivity index (χ0n) is 24.0. The number of nitrogens with zero attached hydrogens (tertiary/aromatic N) is 1. The Bertz CT molecular complexity index is 1080. The minimum Gasteiger partial charge on any atom is -0.385 e. The number of benzene rings is 1. The van der Waals surface area contributed by atoms with Crippen molar-refractivity contribution in [2.24, 2.45) is 27.7 Å². The lowest BCUT2D eigenvalue weighted by atomic mass is 9.68. The molecule has 5 heteroatoms. The first-order valence-corrected chi connectivity index (χ1v) is 15.2. The Morgan fingerprint density at radius 1 is 1.05 bits per heavy atom. The maximum Gasteiger partial charge on any atom is 0.270 e. The molecule has 4 aliphatic carbocycles. The fourth-order valence-corrected chi connectivity index (χ4v) is 8.52. The van der Waals surface area contributed by atoms with Gasteiger partial charge in [-0.05, 0) is 92.2 Å². The van der Waals surface area contributed by atoms with Gasteiger partial charge in [0.05, 0.1) is 0 Å². The summed E-state index contributed by atoms with van der Waals surface area (Å²) in [5.41, 5.74) is 4.20. The van der Waals surface area contributed by atoms with Crippen LogP contribution in [-0.2, 0) is 11.2 Å². The minimum atomic E-state index is -0.181. The highest BCUT2D eigenvalue weighted by atomic mass is 19.1. The second-order valence-corrected chi connectivity index (χ2v) is 13.5. The van der Waals surface area contributed by atoms with Gasteiger partial charge in [-0.1, -0.05) is 58.6 Å². The van der Waals surface area contributed by atoms with Gasteiger partial charge in [-0.15, -0.1) is 0 Å². The molecule has 38 heavy (non-hydrogen) atoms. The Kier molecular flexibility index (Phi) is 8.03. The summed E-state index contributed by atoms with van der Waals surface area (Å²) in [7, 11) is 1.78. The standard InChI is InChI=1S/C33H48FN3O/c1-32(2)24-17-18-33(3,21-24)31(32)37-30(38)29(35-4)27-16-9-8-12-23(19-22-11-10-13-25(34)20-22)28(27)36-26-14-6-5-7-15-26/h10-11,13,20,23-24,26,31,36H,5-9,12,14-19,21H2,1-4H3,(H,37,38)/t23?,24-,31-,33?/m1/s1. The van der Waals surface area contributed by atoms with Crippen LogP contribution in [0.2, 0.25) is 0 Å². The predicted molar refractivity (Wildman–Crippen MR) is 154 cm³/mol. The molecule has 4 nitrogen and oxygen atoms in total. The lowest BCUT2D eigenvalue weighted by molar-refractivity contribution is -0.117. The van der Waals surface area contributed by atoms with Gasteiger partial charge in [0.15, 0.2) is 0 Å². The Morgan fingerprint density at radius 2 is 1.82 bits per heavy atom. The Hall–Kier alpha value is -2.17. The van der Waals surface area contributed by atoms with E-state index < -0.39 is 0 Å². The number of rotatable bonds is 7. The Balaban J connectivity index is 1.47. The van der Waals surface area contributed by atoms with Gasteiger partial charge < -0.3 is 10.6 Å². The van der Waals surface area contributed by atoms with E-state index in [1.54, 1.807) is 13.1 Å². The highest BCUT2D eigenvalue weighted by molar-refractivity contribution is 6.45. The van der Waals surface area contributed by atoms with Crippen LogP contribution in [0.3, 0.4) is 0 Å². The zero-order valence-corrected chi connectivity index (χ0v) is 24.0. The molecule has 2 N–H and O–H groups in total. The molecule has 0 saturated heterocycles. The van der Waals surface area contributed by atoms with Gasteiger partial charge in [0.2, 0.25) is 0 Å². The van der Waals surface area contributed by atoms with E-state index in [2.05, 4.69) is 36.4 Å². The molecule has 208 valence electrons. The van der Waals surface area contributed by atoms with E-state index in [0.29, 0.717) is 17.7 Å². The van der Waals surface area contributed by atoms with Gasteiger partial charge in [0, 0.05) is 36.3 Å². The van der Waals surface area contributed by atoms with Crippen LogP contribution in [0.25, 0.3) is 0 Å². The molecule has 0 radical (unpaired) electrons. The van der Waals surface area contributed by atoms with Gasteiger partial charge in [0.1, 0.15) is 11.5 Å². The number of amides is 1. The molecular formula is C33H48FN3O. The van der Waals surface area contributed by atoms with Crippen molar-refractivity contribution in [3.8, 4) is 0 Å². The fourth-order valence-electron chi connectivity index (χ4n) is 8.52. The molecule has 1 aromatic carbocycles. The molecule has 2 unspecified atom stereocenters. The first-order chi connectivity index (χ1) is 18.2. The quantitative estimate of drug-likeness (QED) is 0.375. The second kappa shape index (κ2) is 11.1. The number of hydrogen-bond acceptors (Lipinski definition) is 3. The second-order valence-electron chi connectivity index (χ2n) is 13.5. The highest BCUT2D eigenvalue weighted by Gasteiger charge is 2.59. The van der Waals surface area contributed by atoms with Crippen LogP contribution < -0.4 is 10.6 Å². The van der Waals surface area contributed by atoms with Gasteiger partial charge in [-0.25, -0.2) is 4.39 Å². The predicted octanol–water partition coefficient (Wildman–Crippen LogP) is 7.14. The summed E-state index contributed by atoms with van der Waals surface area (Å²) in [6.07, 6.45) is 14.7. The monoisotopic (exact) mass is 521 g/mol. The molecule has 0 heterocycles. The third-order valence-electron chi connectivity index (χ3n) is 10.6. The van der Waals surface area contributed by atoms with E-state index in [4.69, 9.17) is 0 Å². The normalized spacial score (nSPS) is 31.8. The molecule has 0 aromatic heterocycles. The topological polar surface area (TPSA) is 53.5 Å². The van der Waals surface area contributed by atoms with E-state index in [1.165, 1.54) is 63.1 Å². The first-order valence-electron chi connectivity index (χ1n) is 15.2. The lowest BCUT2D eigenvalue weighted by Gasteiger charge is -2.43. The Labute approximate surface area is 229 Å². The average molecular weight is 522 g/mol. The zero-order chi connectivity index (χ0) is 26.9. The molecule has 4 atom stereocenters. The minimum absolute atomic E-state index is 0.0105. The highest BCUT2D eigenvalue weighted by Crippen LogP contribution is 2.62. The Morgan fingerprint density at radius 3 is 2.50 bits per heavy atom. The third-order valence-corrected chi connectivity index (χ3v) is 10.6. The van der Waals surface area contributed by atoms with Crippen molar-refractivity contribution < 1.29 is 9.18 Å². The first kappa shape index (κ1) is 27.4. The van der Waals surface area contributed by atoms with Crippen LogP contribution in [0, 0.1) is 28.5 Å². The summed E-state index contributed by atoms with van der Waals surface area (Å²) in [6.45, 7) is 7.04. The summed E-state index contributed by atoms with van der Waals surface area (Å²) >= 11 is 0. The van der Waals surface area contributed by atoms with Gasteiger partial charge in [-0.2, -0.15) is 0 Å². The van der Waals surface area contributed by atoms with Crippen LogP contribution in [0.15, 0.2) is 40.5 Å². The van der Waals surface area contributed by atoms with Crippen LogP contribution in [0.4, 0.5) is 4.39 Å². The molecule has 4 aliphatic rings. The molecule has 2 bridgehead atoms. The van der Waals surface area contributed by atoms with Gasteiger partial charge in [0.25, 0.3) is 5.91 Å². The third kappa shape index (κ3) is 5.45. The molecular weight excluding hydrogens is 473 g/mol. The summed E-state index contributed by atoms with van der Waals surface area (Å²) in [6, 6.07) is 7.63. The van der Waals surface area contributed by atoms with Crippen molar-refractivity contribution >= 4 is 11.6 Å². The summed E-state index contributed by atoms with van der Waals surface area (Å²) < 4.78 is 14.1. The fraction of sp³-hybridized carbons (Fsp3) is 0.697. The average Bonchev–Trinajstić information content (AvgIpc) is 3.30. The molecule has 1 aromatic rings. The van der Waals surface area contributed by atoms with Crippen molar-refractivity contribution in [3.05, 3.63) is 46.9 Å². The van der Waals surface area contributed by atoms with E-state index in [0.717, 1.165) is 43.2 Å². The van der Waals surface area contributed by atoms with Crippen molar-refractivity contribution in [1.29, 1.82) is 0 Å². The lowest BCUT2D eigenvalue weighted by Crippen LogP contribution is -2.54. The van der Waals surface area contributed by atoms with Crippen molar-refractivity contribution in [2.75, 3.05) is 7.05 Å². The number of nitrogens with one attached hydrogen (secondary N) is 2. The van der Waals surface area contributed by atoms with Crippen LogP contribution in [-0.4, -0.2) is 30.8 Å². The molecule has 0 aliphatic heterocycles. The van der Waals surface area contributed by atoms with Gasteiger partial charge >= 0.3 is 0 Å². The number of halogens is 1. The molecule has 3 saturated carbocycles. The summed E-state index contributed by atoms with van der Waals surface area (Å²) in [5.74, 6) is 0.719. The maximum atomic E-state index is 14.1. The van der Waals surface area contributed by atoms with Crippen molar-refractivity contribution in [1.82, 2.24) is 10.6 Å². The number of carbonyl (C=O) groups excluding carboxylic acids is 1. The SMILES string of the molecule is CN=C(C(=O)N[C@H]1C2(C)CC[C@H](C2)C1(C)C)C1=C(NC2CCCCC2)C(Cc2cccc(F)c2)CCCC1. The molecule has 0 spiro atoms. The number of aliphatic imine (C=N–C) groups is 1. The van der Waals surface area contributed by atoms with E-state index in [1.807, 2.05) is 12.1 Å². The van der Waals surface area contributed by atoms with E-state index >= 15 is 0 Å². The maximum absolute atomic E-state index is 14.1. The number of hydrogen-bond donors (Lipinski definition) is 2. The molecule has 1 amide bonds. The van der Waals surface area contributed by atoms with Crippen molar-refractivity contribution in [3.63, 3.8) is 0 Å². The van der Waals surface area contributed by atoms with Gasteiger partial charge in [-0.3, -0.25) is 9.79 Å². The van der Waals surface area contributed by atoms with E-state index in [-0.39, 0.29) is 34.5 Å². The van der Waals surface area contributed by atoms with E-state index in [9.17, 15) is 9.18 Å². The smallest absolute Gasteiger partial charge is 0.270 e.